The Morgan fingerprint density at radius 3 is 2.83 bits per heavy atom. The molecule has 2 rings (SSSR count). The van der Waals surface area contributed by atoms with E-state index in [1.165, 1.54) is 0 Å². The van der Waals surface area contributed by atoms with Crippen molar-refractivity contribution in [1.29, 1.82) is 0 Å². The van der Waals surface area contributed by atoms with E-state index in [-0.39, 0.29) is 0 Å². The van der Waals surface area contributed by atoms with Gasteiger partial charge in [-0.3, -0.25) is 4.68 Å². The maximum Gasteiger partial charge on any atom is 0.0539 e. The summed E-state index contributed by atoms with van der Waals surface area (Å²) in [6.45, 7) is 1.28. The Morgan fingerprint density at radius 1 is 1.44 bits per heavy atom. The number of nitrogens with two attached hydrogens (primary N) is 1. The Bertz CT molecular complexity index is 536. The van der Waals surface area contributed by atoms with Crippen molar-refractivity contribution in [2.24, 2.45) is 12.8 Å². The van der Waals surface area contributed by atoms with Crippen LogP contribution in [0.2, 0.25) is 5.02 Å². The standard InChI is InChI=1S/C13H17ClN4/c1-17(8-10-7-16-18(2)9-10)13-5-12(14)4-3-11(13)6-15/h3-5,7,9H,6,8,15H2,1-2H3. The van der Waals surface area contributed by atoms with Crippen molar-refractivity contribution in [2.75, 3.05) is 11.9 Å². The minimum absolute atomic E-state index is 0.504. The third kappa shape index (κ3) is 2.83. The predicted octanol–water partition coefficient (Wildman–Crippen LogP) is 2.17. The number of rotatable bonds is 4. The van der Waals surface area contributed by atoms with E-state index in [1.807, 2.05) is 44.7 Å². The van der Waals surface area contributed by atoms with Crippen LogP contribution in [0, 0.1) is 0 Å². The summed E-state index contributed by atoms with van der Waals surface area (Å²) in [5.41, 5.74) is 9.06. The summed E-state index contributed by atoms with van der Waals surface area (Å²) in [4.78, 5) is 2.13. The molecule has 2 aromatic rings. The van der Waals surface area contributed by atoms with Gasteiger partial charge in [-0.15, -0.1) is 0 Å². The lowest BCUT2D eigenvalue weighted by molar-refractivity contribution is 0.766. The zero-order valence-corrected chi connectivity index (χ0v) is 11.4. The van der Waals surface area contributed by atoms with Crippen molar-refractivity contribution in [3.05, 3.63) is 46.7 Å². The second kappa shape index (κ2) is 5.42. The van der Waals surface area contributed by atoms with Gasteiger partial charge < -0.3 is 10.6 Å². The van der Waals surface area contributed by atoms with Crippen LogP contribution in [0.5, 0.6) is 0 Å². The van der Waals surface area contributed by atoms with Crippen LogP contribution in [0.3, 0.4) is 0 Å². The van der Waals surface area contributed by atoms with Gasteiger partial charge in [-0.05, 0) is 17.7 Å². The molecule has 0 aliphatic heterocycles. The number of aryl methyl sites for hydroxylation is 1. The fourth-order valence-corrected chi connectivity index (χ4v) is 2.14. The van der Waals surface area contributed by atoms with Gasteiger partial charge in [0.25, 0.3) is 0 Å². The van der Waals surface area contributed by atoms with Gasteiger partial charge >= 0.3 is 0 Å². The van der Waals surface area contributed by atoms with E-state index < -0.39 is 0 Å². The molecule has 4 nitrogen and oxygen atoms in total. The second-order valence-corrected chi connectivity index (χ2v) is 4.79. The zero-order chi connectivity index (χ0) is 13.1. The molecule has 0 saturated carbocycles. The fraction of sp³-hybridized carbons (Fsp3) is 0.308. The molecular formula is C13H17ClN4. The van der Waals surface area contributed by atoms with Crippen LogP contribution >= 0.6 is 11.6 Å². The Kier molecular flexibility index (Phi) is 3.89. The molecular weight excluding hydrogens is 248 g/mol. The highest BCUT2D eigenvalue weighted by Gasteiger charge is 2.08. The lowest BCUT2D eigenvalue weighted by Crippen LogP contribution is -2.18. The highest BCUT2D eigenvalue weighted by atomic mass is 35.5. The van der Waals surface area contributed by atoms with E-state index in [0.717, 1.165) is 28.4 Å². The SMILES string of the molecule is CN(Cc1cnn(C)c1)c1cc(Cl)ccc1CN. The van der Waals surface area contributed by atoms with Gasteiger partial charge in [0.05, 0.1) is 6.20 Å². The van der Waals surface area contributed by atoms with Crippen LogP contribution < -0.4 is 10.6 Å². The van der Waals surface area contributed by atoms with E-state index in [0.29, 0.717) is 6.54 Å². The monoisotopic (exact) mass is 264 g/mol. The average Bonchev–Trinajstić information content (AvgIpc) is 2.74. The summed E-state index contributed by atoms with van der Waals surface area (Å²) in [7, 11) is 3.94. The topological polar surface area (TPSA) is 47.1 Å². The maximum absolute atomic E-state index is 6.04. The Labute approximate surface area is 112 Å². The summed E-state index contributed by atoms with van der Waals surface area (Å²) in [5.74, 6) is 0. The van der Waals surface area contributed by atoms with Gasteiger partial charge in [0, 0.05) is 49.7 Å². The van der Waals surface area contributed by atoms with Crippen LogP contribution in [-0.4, -0.2) is 16.8 Å². The van der Waals surface area contributed by atoms with Crippen LogP contribution in [0.25, 0.3) is 0 Å². The number of halogens is 1. The first kappa shape index (κ1) is 12.9. The fourth-order valence-electron chi connectivity index (χ4n) is 1.98. The molecule has 0 unspecified atom stereocenters. The largest absolute Gasteiger partial charge is 0.370 e. The van der Waals surface area contributed by atoms with Crippen molar-refractivity contribution in [2.45, 2.75) is 13.1 Å². The number of aromatic nitrogens is 2. The van der Waals surface area contributed by atoms with Gasteiger partial charge in [0.1, 0.15) is 0 Å². The minimum Gasteiger partial charge on any atom is -0.370 e. The Hall–Kier alpha value is -1.52. The molecule has 0 fully saturated rings. The zero-order valence-electron chi connectivity index (χ0n) is 10.6. The molecule has 0 saturated heterocycles. The number of benzene rings is 1. The van der Waals surface area contributed by atoms with Crippen LogP contribution in [0.15, 0.2) is 30.6 Å². The molecule has 0 bridgehead atoms. The van der Waals surface area contributed by atoms with E-state index in [4.69, 9.17) is 17.3 Å². The van der Waals surface area contributed by atoms with Crippen molar-refractivity contribution in [1.82, 2.24) is 9.78 Å². The average molecular weight is 265 g/mol. The molecule has 0 aliphatic rings. The number of nitrogens with zero attached hydrogens (tertiary/aromatic N) is 3. The minimum atomic E-state index is 0.504. The summed E-state index contributed by atoms with van der Waals surface area (Å²) in [6.07, 6.45) is 3.87. The summed E-state index contributed by atoms with van der Waals surface area (Å²) >= 11 is 6.04. The van der Waals surface area contributed by atoms with E-state index in [1.54, 1.807) is 4.68 Å². The highest BCUT2D eigenvalue weighted by Crippen LogP contribution is 2.25. The molecule has 96 valence electrons. The van der Waals surface area contributed by atoms with Gasteiger partial charge in [0.15, 0.2) is 0 Å². The van der Waals surface area contributed by atoms with Crippen LogP contribution in [-0.2, 0) is 20.1 Å². The van der Waals surface area contributed by atoms with Crippen molar-refractivity contribution in [3.8, 4) is 0 Å². The first-order chi connectivity index (χ1) is 8.60. The van der Waals surface area contributed by atoms with Crippen LogP contribution in [0.4, 0.5) is 5.69 Å². The molecule has 1 heterocycles. The lowest BCUT2D eigenvalue weighted by Gasteiger charge is -2.21. The number of hydrogen-bond acceptors (Lipinski definition) is 3. The Balaban J connectivity index is 2.22. The van der Waals surface area contributed by atoms with Gasteiger partial charge in [-0.25, -0.2) is 0 Å². The quantitative estimate of drug-likeness (QED) is 0.921. The number of anilines is 1. The normalized spacial score (nSPS) is 10.7. The molecule has 0 spiro atoms. The molecule has 2 N–H and O–H groups in total. The third-order valence-corrected chi connectivity index (χ3v) is 3.09. The first-order valence-electron chi connectivity index (χ1n) is 5.77. The van der Waals surface area contributed by atoms with Gasteiger partial charge in [-0.2, -0.15) is 5.10 Å². The molecule has 0 amide bonds. The van der Waals surface area contributed by atoms with Crippen molar-refractivity contribution in [3.63, 3.8) is 0 Å². The summed E-state index contributed by atoms with van der Waals surface area (Å²) in [5, 5.41) is 4.89. The van der Waals surface area contributed by atoms with Gasteiger partial charge in [-0.1, -0.05) is 17.7 Å². The molecule has 0 radical (unpaired) electrons. The van der Waals surface area contributed by atoms with Crippen molar-refractivity contribution < 1.29 is 0 Å². The molecule has 5 heteroatoms. The molecule has 0 atom stereocenters. The second-order valence-electron chi connectivity index (χ2n) is 4.36. The summed E-state index contributed by atoms with van der Waals surface area (Å²) in [6, 6.07) is 5.78. The smallest absolute Gasteiger partial charge is 0.0539 e. The predicted molar refractivity (Wildman–Crippen MR) is 74.7 cm³/mol. The molecule has 18 heavy (non-hydrogen) atoms. The third-order valence-electron chi connectivity index (χ3n) is 2.86. The number of hydrogen-bond donors (Lipinski definition) is 1. The molecule has 1 aromatic heterocycles. The summed E-state index contributed by atoms with van der Waals surface area (Å²) < 4.78 is 1.80. The van der Waals surface area contributed by atoms with Gasteiger partial charge in [0.2, 0.25) is 0 Å². The first-order valence-corrected chi connectivity index (χ1v) is 6.15. The molecule has 0 aliphatic carbocycles. The van der Waals surface area contributed by atoms with E-state index >= 15 is 0 Å². The van der Waals surface area contributed by atoms with Crippen molar-refractivity contribution >= 4 is 17.3 Å². The Morgan fingerprint density at radius 2 is 2.22 bits per heavy atom. The van der Waals surface area contributed by atoms with E-state index in [2.05, 4.69) is 10.00 Å². The van der Waals surface area contributed by atoms with Crippen LogP contribution in [0.1, 0.15) is 11.1 Å². The highest BCUT2D eigenvalue weighted by molar-refractivity contribution is 6.30. The lowest BCUT2D eigenvalue weighted by atomic mass is 10.1. The maximum atomic E-state index is 6.04. The molecule has 1 aromatic carbocycles. The van der Waals surface area contributed by atoms with E-state index in [9.17, 15) is 0 Å².